The molecule has 2 atom stereocenters. The van der Waals surface area contributed by atoms with Gasteiger partial charge in [0.1, 0.15) is 5.78 Å². The molecule has 2 aromatic carbocycles. The van der Waals surface area contributed by atoms with Crippen LogP contribution in [0, 0.1) is 5.92 Å². The molecule has 0 spiro atoms. The van der Waals surface area contributed by atoms with Gasteiger partial charge in [-0.2, -0.15) is 0 Å². The summed E-state index contributed by atoms with van der Waals surface area (Å²) in [4.78, 5) is 11.6. The quantitative estimate of drug-likeness (QED) is 0.722. The van der Waals surface area contributed by atoms with Crippen LogP contribution in [0.5, 0.6) is 0 Å². The number of hydrogen-bond donors (Lipinski definition) is 0. The first-order valence-corrected chi connectivity index (χ1v) is 6.29. The summed E-state index contributed by atoms with van der Waals surface area (Å²) in [5, 5.41) is 2.64. The van der Waals surface area contributed by atoms with Gasteiger partial charge in [0.2, 0.25) is 0 Å². The fourth-order valence-electron chi connectivity index (χ4n) is 3.65. The fourth-order valence-corrected chi connectivity index (χ4v) is 3.65. The standard InChI is InChI=1S/C16H14O/c17-13-8-12-9-16(12,10-13)15-7-3-5-11-4-1-2-6-14(11)15/h1-7,12H,8-10H2/t12?,16-/m0/s1. The molecule has 2 aliphatic carbocycles. The van der Waals surface area contributed by atoms with E-state index in [-0.39, 0.29) is 5.41 Å². The Morgan fingerprint density at radius 3 is 2.71 bits per heavy atom. The topological polar surface area (TPSA) is 17.1 Å². The van der Waals surface area contributed by atoms with E-state index in [0.717, 1.165) is 12.8 Å². The summed E-state index contributed by atoms with van der Waals surface area (Å²) in [5.74, 6) is 1.08. The van der Waals surface area contributed by atoms with Crippen molar-refractivity contribution in [3.63, 3.8) is 0 Å². The Labute approximate surface area is 100 Å². The molecular weight excluding hydrogens is 208 g/mol. The summed E-state index contributed by atoms with van der Waals surface area (Å²) in [6.07, 6.45) is 2.79. The van der Waals surface area contributed by atoms with Gasteiger partial charge in [0, 0.05) is 18.3 Å². The molecule has 84 valence electrons. The first-order chi connectivity index (χ1) is 8.29. The van der Waals surface area contributed by atoms with Crippen LogP contribution in [0.2, 0.25) is 0 Å². The van der Waals surface area contributed by atoms with Gasteiger partial charge in [0.25, 0.3) is 0 Å². The average Bonchev–Trinajstić information content (AvgIpc) is 2.92. The van der Waals surface area contributed by atoms with E-state index in [9.17, 15) is 4.79 Å². The molecule has 4 rings (SSSR count). The van der Waals surface area contributed by atoms with Gasteiger partial charge in [-0.25, -0.2) is 0 Å². The Bertz CT molecular complexity index is 623. The Balaban J connectivity index is 1.95. The summed E-state index contributed by atoms with van der Waals surface area (Å²) in [6.45, 7) is 0. The first-order valence-electron chi connectivity index (χ1n) is 6.29. The molecule has 1 heteroatoms. The highest BCUT2D eigenvalue weighted by Gasteiger charge is 2.61. The van der Waals surface area contributed by atoms with Crippen LogP contribution in [0.3, 0.4) is 0 Å². The van der Waals surface area contributed by atoms with Gasteiger partial charge in [-0.15, -0.1) is 0 Å². The van der Waals surface area contributed by atoms with Crippen LogP contribution in [0.4, 0.5) is 0 Å². The lowest BCUT2D eigenvalue weighted by atomic mass is 9.89. The maximum absolute atomic E-state index is 11.6. The molecule has 2 saturated carbocycles. The molecule has 1 unspecified atom stereocenters. The maximum atomic E-state index is 11.6. The number of rotatable bonds is 1. The third-order valence-electron chi connectivity index (χ3n) is 4.54. The van der Waals surface area contributed by atoms with Crippen LogP contribution in [-0.2, 0) is 10.2 Å². The van der Waals surface area contributed by atoms with Crippen molar-refractivity contribution in [3.8, 4) is 0 Å². The molecule has 2 aromatic rings. The molecule has 0 saturated heterocycles. The van der Waals surface area contributed by atoms with E-state index in [1.165, 1.54) is 22.8 Å². The molecule has 1 nitrogen and oxygen atoms in total. The lowest BCUT2D eigenvalue weighted by molar-refractivity contribution is -0.118. The molecule has 0 N–H and O–H groups in total. The fraction of sp³-hybridized carbons (Fsp3) is 0.312. The minimum atomic E-state index is 0.206. The molecule has 0 aliphatic heterocycles. The molecular formula is C16H14O. The molecule has 0 amide bonds. The normalized spacial score (nSPS) is 30.6. The van der Waals surface area contributed by atoms with E-state index in [4.69, 9.17) is 0 Å². The summed E-state index contributed by atoms with van der Waals surface area (Å²) >= 11 is 0. The second-order valence-corrected chi connectivity index (χ2v) is 5.50. The lowest BCUT2D eigenvalue weighted by Gasteiger charge is -2.14. The molecule has 0 heterocycles. The monoisotopic (exact) mass is 222 g/mol. The van der Waals surface area contributed by atoms with Crippen LogP contribution in [-0.4, -0.2) is 5.78 Å². The SMILES string of the molecule is O=C1CC2C[C@]2(c2cccc3ccccc23)C1. The summed E-state index contributed by atoms with van der Waals surface area (Å²) in [6, 6.07) is 15.0. The second kappa shape index (κ2) is 2.98. The maximum Gasteiger partial charge on any atom is 0.134 e. The van der Waals surface area contributed by atoms with E-state index in [1.807, 2.05) is 0 Å². The van der Waals surface area contributed by atoms with Crippen LogP contribution in [0.25, 0.3) is 10.8 Å². The second-order valence-electron chi connectivity index (χ2n) is 5.50. The van der Waals surface area contributed by atoms with Crippen LogP contribution >= 0.6 is 0 Å². The third-order valence-corrected chi connectivity index (χ3v) is 4.54. The molecule has 0 radical (unpaired) electrons. The van der Waals surface area contributed by atoms with Crippen molar-refractivity contribution in [2.45, 2.75) is 24.7 Å². The smallest absolute Gasteiger partial charge is 0.134 e. The van der Waals surface area contributed by atoms with Crippen LogP contribution < -0.4 is 0 Å². The Hall–Kier alpha value is -1.63. The van der Waals surface area contributed by atoms with Gasteiger partial charge in [-0.05, 0) is 28.7 Å². The number of carbonyl (C=O) groups is 1. The molecule has 0 bridgehead atoms. The van der Waals surface area contributed by atoms with E-state index in [2.05, 4.69) is 42.5 Å². The van der Waals surface area contributed by atoms with Crippen LogP contribution in [0.15, 0.2) is 42.5 Å². The number of fused-ring (bicyclic) bond motifs is 2. The first kappa shape index (κ1) is 9.41. The van der Waals surface area contributed by atoms with E-state index in [1.54, 1.807) is 0 Å². The van der Waals surface area contributed by atoms with Gasteiger partial charge in [-0.1, -0.05) is 42.5 Å². The highest BCUT2D eigenvalue weighted by Crippen LogP contribution is 2.64. The van der Waals surface area contributed by atoms with Gasteiger partial charge in [0.05, 0.1) is 0 Å². The molecule has 17 heavy (non-hydrogen) atoms. The number of ketones is 1. The molecule has 0 aromatic heterocycles. The van der Waals surface area contributed by atoms with Crippen molar-refractivity contribution in [1.29, 1.82) is 0 Å². The highest BCUT2D eigenvalue weighted by atomic mass is 16.1. The highest BCUT2D eigenvalue weighted by molar-refractivity contribution is 5.91. The summed E-state index contributed by atoms with van der Waals surface area (Å²) in [5.41, 5.74) is 1.62. The van der Waals surface area contributed by atoms with Crippen LogP contribution in [0.1, 0.15) is 24.8 Å². The summed E-state index contributed by atoms with van der Waals surface area (Å²) < 4.78 is 0. The van der Waals surface area contributed by atoms with Crippen molar-refractivity contribution in [2.75, 3.05) is 0 Å². The van der Waals surface area contributed by atoms with Crippen molar-refractivity contribution in [1.82, 2.24) is 0 Å². The van der Waals surface area contributed by atoms with Crippen molar-refractivity contribution in [2.24, 2.45) is 5.92 Å². The summed E-state index contributed by atoms with van der Waals surface area (Å²) in [7, 11) is 0. The zero-order chi connectivity index (χ0) is 11.5. The molecule has 2 aliphatic rings. The zero-order valence-corrected chi connectivity index (χ0v) is 9.65. The van der Waals surface area contributed by atoms with Crippen molar-refractivity contribution in [3.05, 3.63) is 48.0 Å². The predicted molar refractivity (Wildman–Crippen MR) is 68.0 cm³/mol. The third kappa shape index (κ3) is 1.17. The van der Waals surface area contributed by atoms with Crippen molar-refractivity contribution >= 4 is 16.6 Å². The minimum Gasteiger partial charge on any atom is -0.300 e. The zero-order valence-electron chi connectivity index (χ0n) is 9.65. The Kier molecular flexibility index (Phi) is 1.65. The van der Waals surface area contributed by atoms with Gasteiger partial charge in [0.15, 0.2) is 0 Å². The van der Waals surface area contributed by atoms with E-state index < -0.39 is 0 Å². The Morgan fingerprint density at radius 2 is 1.88 bits per heavy atom. The van der Waals surface area contributed by atoms with E-state index >= 15 is 0 Å². The lowest BCUT2D eigenvalue weighted by Crippen LogP contribution is -2.08. The largest absolute Gasteiger partial charge is 0.300 e. The Morgan fingerprint density at radius 1 is 1.06 bits per heavy atom. The molecule has 2 fully saturated rings. The predicted octanol–water partition coefficient (Wildman–Crippen LogP) is 3.46. The number of benzene rings is 2. The number of hydrogen-bond acceptors (Lipinski definition) is 1. The minimum absolute atomic E-state index is 0.206. The van der Waals surface area contributed by atoms with E-state index in [0.29, 0.717) is 11.7 Å². The average molecular weight is 222 g/mol. The number of Topliss-reactive ketones (excluding diaryl/α,β-unsaturated/α-hetero) is 1. The van der Waals surface area contributed by atoms with Gasteiger partial charge >= 0.3 is 0 Å². The van der Waals surface area contributed by atoms with Gasteiger partial charge in [-0.3, -0.25) is 4.79 Å². The van der Waals surface area contributed by atoms with Gasteiger partial charge < -0.3 is 0 Å². The van der Waals surface area contributed by atoms with Crippen molar-refractivity contribution < 1.29 is 4.79 Å². The number of carbonyl (C=O) groups excluding carboxylic acids is 1.